The number of aryl methyl sites for hydroxylation is 1. The lowest BCUT2D eigenvalue weighted by molar-refractivity contribution is 0.178. The maximum absolute atomic E-state index is 10.3. The third-order valence-corrected chi connectivity index (χ3v) is 3.21. The van der Waals surface area contributed by atoms with Crippen LogP contribution < -0.4 is 4.90 Å². The molecule has 0 aliphatic rings. The van der Waals surface area contributed by atoms with Crippen molar-refractivity contribution in [3.8, 4) is 0 Å². The quantitative estimate of drug-likeness (QED) is 0.895. The molecule has 2 rings (SSSR count). The highest BCUT2D eigenvalue weighted by molar-refractivity contribution is 5.47. The zero-order chi connectivity index (χ0) is 13.8. The summed E-state index contributed by atoms with van der Waals surface area (Å²) in [5.41, 5.74) is 3.10. The molecule has 4 heteroatoms. The molecule has 1 heterocycles. The van der Waals surface area contributed by atoms with Gasteiger partial charge in [-0.15, -0.1) is 0 Å². The van der Waals surface area contributed by atoms with Crippen molar-refractivity contribution in [1.82, 2.24) is 9.78 Å². The molecule has 19 heavy (non-hydrogen) atoms. The van der Waals surface area contributed by atoms with E-state index in [0.29, 0.717) is 6.42 Å². The molecule has 0 spiro atoms. The van der Waals surface area contributed by atoms with Crippen LogP contribution in [0.25, 0.3) is 0 Å². The van der Waals surface area contributed by atoms with Crippen LogP contribution >= 0.6 is 0 Å². The van der Waals surface area contributed by atoms with E-state index in [4.69, 9.17) is 0 Å². The van der Waals surface area contributed by atoms with Gasteiger partial charge < -0.3 is 10.0 Å². The Hall–Kier alpha value is -1.81. The highest BCUT2D eigenvalue weighted by Gasteiger charge is 2.11. The maximum Gasteiger partial charge on any atom is 0.0832 e. The molecule has 0 aliphatic heterocycles. The van der Waals surface area contributed by atoms with Crippen molar-refractivity contribution in [3.05, 3.63) is 47.8 Å². The first-order chi connectivity index (χ1) is 9.10. The van der Waals surface area contributed by atoms with E-state index in [1.165, 1.54) is 0 Å². The van der Waals surface area contributed by atoms with Gasteiger partial charge in [0.2, 0.25) is 0 Å². The molecule has 0 radical (unpaired) electrons. The van der Waals surface area contributed by atoms with E-state index < -0.39 is 6.10 Å². The van der Waals surface area contributed by atoms with Gasteiger partial charge in [0.05, 0.1) is 12.3 Å². The minimum atomic E-state index is -0.491. The van der Waals surface area contributed by atoms with Crippen molar-refractivity contribution in [2.24, 2.45) is 0 Å². The van der Waals surface area contributed by atoms with Crippen LogP contribution in [-0.4, -0.2) is 29.0 Å². The van der Waals surface area contributed by atoms with E-state index >= 15 is 0 Å². The van der Waals surface area contributed by atoms with Crippen LogP contribution in [0.4, 0.5) is 5.69 Å². The third kappa shape index (κ3) is 3.35. The molecule has 0 fully saturated rings. The second-order valence-corrected chi connectivity index (χ2v) is 4.91. The molecule has 0 saturated heterocycles. The van der Waals surface area contributed by atoms with Crippen molar-refractivity contribution in [3.63, 3.8) is 0 Å². The number of aliphatic hydroxyl groups is 1. The van der Waals surface area contributed by atoms with Gasteiger partial charge in [0.25, 0.3) is 0 Å². The second-order valence-electron chi connectivity index (χ2n) is 4.91. The average Bonchev–Trinajstić information content (AvgIpc) is 2.86. The minimum Gasteiger partial charge on any atom is -0.388 e. The van der Waals surface area contributed by atoms with Gasteiger partial charge in [-0.2, -0.15) is 5.10 Å². The zero-order valence-electron chi connectivity index (χ0n) is 11.7. The summed E-state index contributed by atoms with van der Waals surface area (Å²) in [5.74, 6) is 0. The first-order valence-corrected chi connectivity index (χ1v) is 6.57. The Morgan fingerprint density at radius 3 is 2.79 bits per heavy atom. The lowest BCUT2D eigenvalue weighted by atomic mass is 10.0. The van der Waals surface area contributed by atoms with Crippen molar-refractivity contribution >= 4 is 5.69 Å². The molecule has 0 amide bonds. The molecule has 4 nitrogen and oxygen atoms in total. The molecule has 1 aromatic carbocycles. The van der Waals surface area contributed by atoms with Crippen LogP contribution in [0, 0.1) is 0 Å². The summed E-state index contributed by atoms with van der Waals surface area (Å²) in [4.78, 5) is 2.03. The monoisotopic (exact) mass is 259 g/mol. The van der Waals surface area contributed by atoms with Gasteiger partial charge in [-0.1, -0.05) is 12.1 Å². The van der Waals surface area contributed by atoms with Crippen molar-refractivity contribution in [2.75, 3.05) is 19.0 Å². The van der Waals surface area contributed by atoms with E-state index in [0.717, 1.165) is 23.4 Å². The van der Waals surface area contributed by atoms with E-state index in [1.54, 1.807) is 0 Å². The van der Waals surface area contributed by atoms with Gasteiger partial charge in [-0.05, 0) is 30.2 Å². The van der Waals surface area contributed by atoms with Crippen molar-refractivity contribution in [2.45, 2.75) is 26.0 Å². The van der Waals surface area contributed by atoms with E-state index in [-0.39, 0.29) is 0 Å². The average molecular weight is 259 g/mol. The summed E-state index contributed by atoms with van der Waals surface area (Å²) in [6, 6.07) is 7.99. The maximum atomic E-state index is 10.3. The van der Waals surface area contributed by atoms with Crippen LogP contribution in [0.3, 0.4) is 0 Å². The fourth-order valence-electron chi connectivity index (χ4n) is 2.04. The summed E-state index contributed by atoms with van der Waals surface area (Å²) in [6.07, 6.45) is 3.91. The molecular formula is C15H21N3O. The molecule has 2 aromatic rings. The Kier molecular flexibility index (Phi) is 4.22. The summed E-state index contributed by atoms with van der Waals surface area (Å²) in [5, 5.41) is 14.5. The smallest absolute Gasteiger partial charge is 0.0832 e. The van der Waals surface area contributed by atoms with Crippen molar-refractivity contribution in [1.29, 1.82) is 0 Å². The second kappa shape index (κ2) is 5.89. The van der Waals surface area contributed by atoms with Crippen LogP contribution in [-0.2, 0) is 13.0 Å². The summed E-state index contributed by atoms with van der Waals surface area (Å²) >= 11 is 0. The highest BCUT2D eigenvalue weighted by Crippen LogP contribution is 2.22. The molecule has 1 N–H and O–H groups in total. The van der Waals surface area contributed by atoms with Crippen LogP contribution in [0.5, 0.6) is 0 Å². The van der Waals surface area contributed by atoms with Crippen LogP contribution in [0.2, 0.25) is 0 Å². The topological polar surface area (TPSA) is 41.3 Å². The Balaban J connectivity index is 2.10. The van der Waals surface area contributed by atoms with Gasteiger partial charge in [-0.3, -0.25) is 4.68 Å². The largest absolute Gasteiger partial charge is 0.388 e. The number of hydrogen-bond donors (Lipinski definition) is 1. The lowest BCUT2D eigenvalue weighted by Gasteiger charge is -2.16. The molecule has 1 atom stereocenters. The van der Waals surface area contributed by atoms with Gasteiger partial charge in [0.15, 0.2) is 0 Å². The predicted molar refractivity (Wildman–Crippen MR) is 77.3 cm³/mol. The van der Waals surface area contributed by atoms with Gasteiger partial charge >= 0.3 is 0 Å². The first kappa shape index (κ1) is 13.6. The van der Waals surface area contributed by atoms with Crippen molar-refractivity contribution < 1.29 is 5.11 Å². The normalized spacial score (nSPS) is 12.4. The Bertz CT molecular complexity index is 534. The number of rotatable bonds is 5. The van der Waals surface area contributed by atoms with E-state index in [1.807, 2.05) is 67.3 Å². The molecule has 1 unspecified atom stereocenters. The van der Waals surface area contributed by atoms with Gasteiger partial charge in [0.1, 0.15) is 0 Å². The summed E-state index contributed by atoms with van der Waals surface area (Å²) < 4.78 is 1.87. The van der Waals surface area contributed by atoms with E-state index in [9.17, 15) is 5.11 Å². The van der Waals surface area contributed by atoms with Gasteiger partial charge in [0, 0.05) is 38.9 Å². The molecule has 1 aromatic heterocycles. The molecule has 0 saturated carbocycles. The standard InChI is InChI=1S/C15H21N3O/c1-4-18-11-12(10-16-18)8-15(19)13-6-5-7-14(9-13)17(2)3/h5-7,9-11,15,19H,4,8H2,1-3H3. The molecular weight excluding hydrogens is 238 g/mol. The number of hydrogen-bond acceptors (Lipinski definition) is 3. The Labute approximate surface area is 114 Å². The number of aromatic nitrogens is 2. The molecule has 102 valence electrons. The minimum absolute atomic E-state index is 0.491. The number of aliphatic hydroxyl groups excluding tert-OH is 1. The first-order valence-electron chi connectivity index (χ1n) is 6.57. The third-order valence-electron chi connectivity index (χ3n) is 3.21. The fraction of sp³-hybridized carbons (Fsp3) is 0.400. The number of benzene rings is 1. The Morgan fingerprint density at radius 1 is 1.37 bits per heavy atom. The molecule has 0 bridgehead atoms. The van der Waals surface area contributed by atoms with E-state index in [2.05, 4.69) is 5.10 Å². The predicted octanol–water partition coefficient (Wildman–Crippen LogP) is 2.25. The summed E-state index contributed by atoms with van der Waals surface area (Å²) in [7, 11) is 3.99. The Morgan fingerprint density at radius 2 is 2.16 bits per heavy atom. The molecule has 0 aliphatic carbocycles. The lowest BCUT2D eigenvalue weighted by Crippen LogP contribution is -2.09. The SMILES string of the molecule is CCn1cc(CC(O)c2cccc(N(C)C)c2)cn1. The number of nitrogens with zero attached hydrogens (tertiary/aromatic N) is 3. The number of anilines is 1. The van der Waals surface area contributed by atoms with Crippen LogP contribution in [0.15, 0.2) is 36.7 Å². The highest BCUT2D eigenvalue weighted by atomic mass is 16.3. The summed E-state index contributed by atoms with van der Waals surface area (Å²) in [6.45, 7) is 2.90. The zero-order valence-corrected chi connectivity index (χ0v) is 11.7. The van der Waals surface area contributed by atoms with Crippen LogP contribution in [0.1, 0.15) is 24.2 Å². The fourth-order valence-corrected chi connectivity index (χ4v) is 2.04. The van der Waals surface area contributed by atoms with Gasteiger partial charge in [-0.25, -0.2) is 0 Å².